The van der Waals surface area contributed by atoms with E-state index in [1.54, 1.807) is 0 Å². The lowest BCUT2D eigenvalue weighted by Gasteiger charge is -2.26. The van der Waals surface area contributed by atoms with Gasteiger partial charge in [-0.1, -0.05) is 22.4 Å². The van der Waals surface area contributed by atoms with Gasteiger partial charge in [0, 0.05) is 15.2 Å². The van der Waals surface area contributed by atoms with Crippen LogP contribution >= 0.6 is 26.6 Å². The highest BCUT2D eigenvalue weighted by Crippen LogP contribution is 2.35. The highest BCUT2D eigenvalue weighted by Gasteiger charge is 2.23. The molecule has 0 aromatic heterocycles. The molecule has 2 rings (SSSR count). The zero-order chi connectivity index (χ0) is 13.3. The van der Waals surface area contributed by atoms with Gasteiger partial charge in [0.05, 0.1) is 6.61 Å². The molecule has 1 fully saturated rings. The van der Waals surface area contributed by atoms with Crippen LogP contribution in [0.15, 0.2) is 21.5 Å². The molecule has 0 aliphatic heterocycles. The van der Waals surface area contributed by atoms with Gasteiger partial charge in [0.15, 0.2) is 0 Å². The molecule has 0 radical (unpaired) electrons. The first kappa shape index (κ1) is 14.2. The van der Waals surface area contributed by atoms with E-state index in [0.717, 1.165) is 18.4 Å². The van der Waals surface area contributed by atoms with Crippen LogP contribution in [0.5, 0.6) is 5.75 Å². The lowest BCUT2D eigenvalue weighted by Crippen LogP contribution is -2.20. The summed E-state index contributed by atoms with van der Waals surface area (Å²) in [5.41, 5.74) is 0.767. The van der Waals surface area contributed by atoms with E-state index in [1.165, 1.54) is 12.5 Å². The van der Waals surface area contributed by atoms with Crippen LogP contribution in [0.2, 0.25) is 0 Å². The van der Waals surface area contributed by atoms with Crippen molar-refractivity contribution in [3.8, 4) is 5.75 Å². The molecule has 0 bridgehead atoms. The SMILES string of the molecule is Cc1cc(Br)cc(S(=O)(=O)Cl)c1OCC1CCC1. The van der Waals surface area contributed by atoms with E-state index in [0.29, 0.717) is 22.7 Å². The highest BCUT2D eigenvalue weighted by atomic mass is 79.9. The van der Waals surface area contributed by atoms with Gasteiger partial charge in [-0.05, 0) is 43.4 Å². The van der Waals surface area contributed by atoms with Crippen molar-refractivity contribution in [3.05, 3.63) is 22.2 Å². The number of hydrogen-bond donors (Lipinski definition) is 0. The predicted molar refractivity (Wildman–Crippen MR) is 74.8 cm³/mol. The van der Waals surface area contributed by atoms with Crippen molar-refractivity contribution >= 4 is 35.7 Å². The molecule has 0 heterocycles. The smallest absolute Gasteiger partial charge is 0.265 e. The lowest BCUT2D eigenvalue weighted by atomic mass is 9.86. The Labute approximate surface area is 120 Å². The number of aryl methyl sites for hydroxylation is 1. The minimum Gasteiger partial charge on any atom is -0.492 e. The first-order chi connectivity index (χ1) is 8.38. The first-order valence-corrected chi connectivity index (χ1v) is 8.86. The maximum Gasteiger partial charge on any atom is 0.265 e. The molecule has 1 saturated carbocycles. The molecule has 1 aliphatic rings. The molecule has 18 heavy (non-hydrogen) atoms. The molecular formula is C12H14BrClO3S. The average molecular weight is 354 g/mol. The van der Waals surface area contributed by atoms with Crippen molar-refractivity contribution in [2.45, 2.75) is 31.1 Å². The molecule has 0 unspecified atom stereocenters. The number of rotatable bonds is 4. The monoisotopic (exact) mass is 352 g/mol. The standard InChI is InChI=1S/C12H14BrClO3S/c1-8-5-10(13)6-11(18(14,15)16)12(8)17-7-9-3-2-4-9/h5-6,9H,2-4,7H2,1H3. The minimum absolute atomic E-state index is 0.0374. The molecule has 1 aromatic rings. The van der Waals surface area contributed by atoms with Crippen LogP contribution in [-0.2, 0) is 9.05 Å². The number of halogens is 2. The molecule has 0 atom stereocenters. The summed E-state index contributed by atoms with van der Waals surface area (Å²) in [7, 11) is 1.64. The van der Waals surface area contributed by atoms with Crippen molar-refractivity contribution in [2.24, 2.45) is 5.92 Å². The highest BCUT2D eigenvalue weighted by molar-refractivity contribution is 9.10. The normalized spacial score (nSPS) is 16.4. The average Bonchev–Trinajstić information content (AvgIpc) is 2.16. The lowest BCUT2D eigenvalue weighted by molar-refractivity contribution is 0.176. The fraction of sp³-hybridized carbons (Fsp3) is 0.500. The van der Waals surface area contributed by atoms with Crippen molar-refractivity contribution in [2.75, 3.05) is 6.61 Å². The summed E-state index contributed by atoms with van der Waals surface area (Å²) >= 11 is 3.27. The van der Waals surface area contributed by atoms with Gasteiger partial charge in [-0.2, -0.15) is 0 Å². The summed E-state index contributed by atoms with van der Waals surface area (Å²) in [6.07, 6.45) is 3.53. The topological polar surface area (TPSA) is 43.4 Å². The zero-order valence-corrected chi connectivity index (χ0v) is 13.1. The first-order valence-electron chi connectivity index (χ1n) is 5.75. The quantitative estimate of drug-likeness (QED) is 0.772. The maximum atomic E-state index is 11.6. The molecule has 3 nitrogen and oxygen atoms in total. The third-order valence-electron chi connectivity index (χ3n) is 3.16. The third kappa shape index (κ3) is 3.19. The van der Waals surface area contributed by atoms with Crippen LogP contribution in [-0.4, -0.2) is 15.0 Å². The Hall–Kier alpha value is -0.260. The van der Waals surface area contributed by atoms with E-state index in [2.05, 4.69) is 15.9 Å². The van der Waals surface area contributed by atoms with Crippen LogP contribution in [0.3, 0.4) is 0 Å². The van der Waals surface area contributed by atoms with Gasteiger partial charge in [-0.25, -0.2) is 8.42 Å². The van der Waals surface area contributed by atoms with Crippen LogP contribution in [0, 0.1) is 12.8 Å². The van der Waals surface area contributed by atoms with E-state index in [4.69, 9.17) is 15.4 Å². The van der Waals surface area contributed by atoms with Gasteiger partial charge < -0.3 is 4.74 Å². The van der Waals surface area contributed by atoms with Crippen LogP contribution < -0.4 is 4.74 Å². The largest absolute Gasteiger partial charge is 0.492 e. The number of benzene rings is 1. The van der Waals surface area contributed by atoms with Crippen molar-refractivity contribution in [1.82, 2.24) is 0 Å². The number of ether oxygens (including phenoxy) is 1. The molecule has 1 aliphatic carbocycles. The molecule has 0 N–H and O–H groups in total. The second kappa shape index (κ2) is 5.39. The van der Waals surface area contributed by atoms with Crippen molar-refractivity contribution < 1.29 is 13.2 Å². The second-order valence-corrected chi connectivity index (χ2v) is 8.05. The number of hydrogen-bond acceptors (Lipinski definition) is 3. The van der Waals surface area contributed by atoms with E-state index in [-0.39, 0.29) is 4.90 Å². The summed E-state index contributed by atoms with van der Waals surface area (Å²) in [5, 5.41) is 0. The molecule has 100 valence electrons. The minimum atomic E-state index is -3.80. The van der Waals surface area contributed by atoms with E-state index in [9.17, 15) is 8.42 Å². The summed E-state index contributed by atoms with van der Waals surface area (Å²) in [6, 6.07) is 3.30. The van der Waals surface area contributed by atoms with Crippen molar-refractivity contribution in [3.63, 3.8) is 0 Å². The molecule has 0 amide bonds. The summed E-state index contributed by atoms with van der Waals surface area (Å²) in [4.78, 5) is 0.0374. The maximum absolute atomic E-state index is 11.6. The Kier molecular flexibility index (Phi) is 4.24. The van der Waals surface area contributed by atoms with E-state index in [1.807, 2.05) is 13.0 Å². The molecule has 0 spiro atoms. The Balaban J connectivity index is 2.31. The van der Waals surface area contributed by atoms with Gasteiger partial charge in [0.25, 0.3) is 9.05 Å². The van der Waals surface area contributed by atoms with Gasteiger partial charge in [0.2, 0.25) is 0 Å². The Bertz CT molecular complexity index is 553. The summed E-state index contributed by atoms with van der Waals surface area (Å²) in [6.45, 7) is 2.37. The summed E-state index contributed by atoms with van der Waals surface area (Å²) < 4.78 is 29.4. The predicted octanol–water partition coefficient (Wildman–Crippen LogP) is 3.86. The van der Waals surface area contributed by atoms with Crippen molar-refractivity contribution in [1.29, 1.82) is 0 Å². The van der Waals surface area contributed by atoms with Crippen LogP contribution in [0.4, 0.5) is 0 Å². The molecule has 1 aromatic carbocycles. The third-order valence-corrected chi connectivity index (χ3v) is 4.94. The van der Waals surface area contributed by atoms with Crippen LogP contribution in [0.25, 0.3) is 0 Å². The van der Waals surface area contributed by atoms with E-state index < -0.39 is 9.05 Å². The van der Waals surface area contributed by atoms with Gasteiger partial charge in [-0.3, -0.25) is 0 Å². The second-order valence-electron chi connectivity index (χ2n) is 4.60. The van der Waals surface area contributed by atoms with Crippen LogP contribution in [0.1, 0.15) is 24.8 Å². The van der Waals surface area contributed by atoms with Gasteiger partial charge >= 0.3 is 0 Å². The Morgan fingerprint density at radius 3 is 2.61 bits per heavy atom. The molecule has 0 saturated heterocycles. The molecule has 6 heteroatoms. The van der Waals surface area contributed by atoms with Gasteiger partial charge in [0.1, 0.15) is 10.6 Å². The Morgan fingerprint density at radius 2 is 2.11 bits per heavy atom. The van der Waals surface area contributed by atoms with E-state index >= 15 is 0 Å². The van der Waals surface area contributed by atoms with Gasteiger partial charge in [-0.15, -0.1) is 0 Å². The summed E-state index contributed by atoms with van der Waals surface area (Å²) in [5.74, 6) is 0.916. The fourth-order valence-corrected chi connectivity index (χ4v) is 3.70. The zero-order valence-electron chi connectivity index (χ0n) is 9.95. The molecular weight excluding hydrogens is 340 g/mol. The fourth-order valence-electron chi connectivity index (χ4n) is 1.93. The Morgan fingerprint density at radius 1 is 1.44 bits per heavy atom.